The standard InChI is InChI=1S/C18H28N2O/c1-15-5-4-6-16(10-9-15)19-17-7-2-3-8-18(17)20-11-13-21-14-12-20/h2-3,7-8,15-16,19H,4-6,9-14H2,1H3. The zero-order chi connectivity index (χ0) is 14.5. The predicted molar refractivity (Wildman–Crippen MR) is 89.1 cm³/mol. The molecule has 3 rings (SSSR count). The van der Waals surface area contributed by atoms with Crippen LogP contribution >= 0.6 is 0 Å². The van der Waals surface area contributed by atoms with Gasteiger partial charge in [-0.25, -0.2) is 0 Å². The molecular weight excluding hydrogens is 260 g/mol. The van der Waals surface area contributed by atoms with Gasteiger partial charge in [0.2, 0.25) is 0 Å². The average molecular weight is 288 g/mol. The third-order valence-electron chi connectivity index (χ3n) is 4.87. The van der Waals surface area contributed by atoms with Crippen LogP contribution in [0.3, 0.4) is 0 Å². The molecule has 3 nitrogen and oxygen atoms in total. The number of ether oxygens (including phenoxy) is 1. The number of benzene rings is 1. The van der Waals surface area contributed by atoms with Gasteiger partial charge in [-0.1, -0.05) is 31.9 Å². The van der Waals surface area contributed by atoms with Crippen LogP contribution in [0.15, 0.2) is 24.3 Å². The van der Waals surface area contributed by atoms with Gasteiger partial charge in [0.15, 0.2) is 0 Å². The number of rotatable bonds is 3. The number of morpholine rings is 1. The van der Waals surface area contributed by atoms with Crippen LogP contribution in [0.5, 0.6) is 0 Å². The van der Waals surface area contributed by atoms with Crippen LogP contribution in [0, 0.1) is 5.92 Å². The molecule has 1 saturated carbocycles. The highest BCUT2D eigenvalue weighted by Crippen LogP contribution is 2.30. The summed E-state index contributed by atoms with van der Waals surface area (Å²) >= 11 is 0. The van der Waals surface area contributed by atoms with Gasteiger partial charge in [-0.15, -0.1) is 0 Å². The fourth-order valence-electron chi connectivity index (χ4n) is 3.53. The number of nitrogens with zero attached hydrogens (tertiary/aromatic N) is 1. The molecule has 0 amide bonds. The molecule has 1 aliphatic heterocycles. The van der Waals surface area contributed by atoms with Crippen molar-refractivity contribution < 1.29 is 4.74 Å². The van der Waals surface area contributed by atoms with Crippen LogP contribution in [-0.2, 0) is 4.74 Å². The molecule has 1 aromatic rings. The lowest BCUT2D eigenvalue weighted by molar-refractivity contribution is 0.123. The maximum atomic E-state index is 5.48. The van der Waals surface area contributed by atoms with Gasteiger partial charge >= 0.3 is 0 Å². The van der Waals surface area contributed by atoms with Crippen molar-refractivity contribution in [2.24, 2.45) is 5.92 Å². The number of hydrogen-bond acceptors (Lipinski definition) is 3. The van der Waals surface area contributed by atoms with Crippen molar-refractivity contribution in [3.05, 3.63) is 24.3 Å². The quantitative estimate of drug-likeness (QED) is 0.854. The summed E-state index contributed by atoms with van der Waals surface area (Å²) in [5.74, 6) is 0.895. The van der Waals surface area contributed by atoms with E-state index in [2.05, 4.69) is 41.4 Å². The van der Waals surface area contributed by atoms with Crippen molar-refractivity contribution in [3.8, 4) is 0 Å². The zero-order valence-corrected chi connectivity index (χ0v) is 13.2. The van der Waals surface area contributed by atoms with Crippen LogP contribution in [0.1, 0.15) is 39.0 Å². The molecule has 1 heterocycles. The Balaban J connectivity index is 1.69. The second kappa shape index (κ2) is 7.17. The maximum Gasteiger partial charge on any atom is 0.0642 e. The zero-order valence-electron chi connectivity index (χ0n) is 13.2. The lowest BCUT2D eigenvalue weighted by Gasteiger charge is -2.31. The topological polar surface area (TPSA) is 24.5 Å². The molecule has 2 unspecified atom stereocenters. The van der Waals surface area contributed by atoms with Gasteiger partial charge in [0, 0.05) is 19.1 Å². The van der Waals surface area contributed by atoms with E-state index in [9.17, 15) is 0 Å². The first-order valence-corrected chi connectivity index (χ1v) is 8.51. The first-order valence-electron chi connectivity index (χ1n) is 8.51. The van der Waals surface area contributed by atoms with E-state index in [1.807, 2.05) is 0 Å². The van der Waals surface area contributed by atoms with Gasteiger partial charge in [-0.2, -0.15) is 0 Å². The third kappa shape index (κ3) is 3.91. The van der Waals surface area contributed by atoms with Crippen LogP contribution < -0.4 is 10.2 Å². The highest BCUT2D eigenvalue weighted by Gasteiger charge is 2.19. The summed E-state index contributed by atoms with van der Waals surface area (Å²) in [6, 6.07) is 9.40. The molecule has 21 heavy (non-hydrogen) atoms. The van der Waals surface area contributed by atoms with E-state index in [4.69, 9.17) is 4.74 Å². The van der Waals surface area contributed by atoms with E-state index >= 15 is 0 Å². The Morgan fingerprint density at radius 3 is 2.71 bits per heavy atom. The normalized spacial score (nSPS) is 27.2. The molecule has 0 spiro atoms. The van der Waals surface area contributed by atoms with Gasteiger partial charge in [0.05, 0.1) is 24.6 Å². The monoisotopic (exact) mass is 288 g/mol. The molecule has 1 aromatic carbocycles. The number of anilines is 2. The molecular formula is C18H28N2O. The van der Waals surface area contributed by atoms with E-state index in [0.29, 0.717) is 6.04 Å². The van der Waals surface area contributed by atoms with Crippen molar-refractivity contribution in [2.75, 3.05) is 36.5 Å². The van der Waals surface area contributed by atoms with Crippen molar-refractivity contribution in [1.29, 1.82) is 0 Å². The number of nitrogens with one attached hydrogen (secondary N) is 1. The first kappa shape index (κ1) is 14.7. The highest BCUT2D eigenvalue weighted by atomic mass is 16.5. The molecule has 0 aromatic heterocycles. The average Bonchev–Trinajstić information content (AvgIpc) is 2.73. The van der Waals surface area contributed by atoms with E-state index in [-0.39, 0.29) is 0 Å². The molecule has 2 atom stereocenters. The Kier molecular flexibility index (Phi) is 5.02. The third-order valence-corrected chi connectivity index (χ3v) is 4.87. The van der Waals surface area contributed by atoms with E-state index in [0.717, 1.165) is 32.2 Å². The number of para-hydroxylation sites is 2. The smallest absolute Gasteiger partial charge is 0.0642 e. The molecule has 1 saturated heterocycles. The minimum absolute atomic E-state index is 0.636. The molecule has 1 N–H and O–H groups in total. The summed E-state index contributed by atoms with van der Waals surface area (Å²) in [6.07, 6.45) is 6.72. The Bertz CT molecular complexity index is 443. The molecule has 0 bridgehead atoms. The van der Waals surface area contributed by atoms with Crippen LogP contribution in [-0.4, -0.2) is 32.3 Å². The minimum atomic E-state index is 0.636. The second-order valence-corrected chi connectivity index (χ2v) is 6.57. The summed E-state index contributed by atoms with van der Waals surface area (Å²) in [6.45, 7) is 6.08. The van der Waals surface area contributed by atoms with Gasteiger partial charge in [-0.05, 0) is 37.3 Å². The van der Waals surface area contributed by atoms with Crippen LogP contribution in [0.25, 0.3) is 0 Å². The Hall–Kier alpha value is -1.22. The summed E-state index contributed by atoms with van der Waals surface area (Å²) in [4.78, 5) is 2.45. The Morgan fingerprint density at radius 2 is 1.86 bits per heavy atom. The SMILES string of the molecule is CC1CCCC(Nc2ccccc2N2CCOCC2)CC1. The molecule has 0 radical (unpaired) electrons. The number of hydrogen-bond donors (Lipinski definition) is 1. The summed E-state index contributed by atoms with van der Waals surface area (Å²) < 4.78 is 5.48. The molecule has 2 fully saturated rings. The first-order chi connectivity index (χ1) is 10.3. The van der Waals surface area contributed by atoms with Gasteiger partial charge in [-0.3, -0.25) is 0 Å². The van der Waals surface area contributed by atoms with E-state index in [1.54, 1.807) is 0 Å². The van der Waals surface area contributed by atoms with Crippen LogP contribution in [0.2, 0.25) is 0 Å². The largest absolute Gasteiger partial charge is 0.381 e. The summed E-state index contributed by atoms with van der Waals surface area (Å²) in [5.41, 5.74) is 2.65. The molecule has 2 aliphatic rings. The Morgan fingerprint density at radius 1 is 1.05 bits per heavy atom. The van der Waals surface area contributed by atoms with Crippen molar-refractivity contribution in [2.45, 2.75) is 45.1 Å². The summed E-state index contributed by atoms with van der Waals surface area (Å²) in [7, 11) is 0. The van der Waals surface area contributed by atoms with Crippen molar-refractivity contribution in [3.63, 3.8) is 0 Å². The van der Waals surface area contributed by atoms with E-state index < -0.39 is 0 Å². The predicted octanol–water partition coefficient (Wildman–Crippen LogP) is 3.90. The fourth-order valence-corrected chi connectivity index (χ4v) is 3.53. The van der Waals surface area contributed by atoms with Gasteiger partial charge in [0.1, 0.15) is 0 Å². The second-order valence-electron chi connectivity index (χ2n) is 6.57. The molecule has 3 heteroatoms. The lowest BCUT2D eigenvalue weighted by atomic mass is 10.0. The minimum Gasteiger partial charge on any atom is -0.381 e. The fraction of sp³-hybridized carbons (Fsp3) is 0.667. The summed E-state index contributed by atoms with van der Waals surface area (Å²) in [5, 5.41) is 3.82. The molecule has 1 aliphatic carbocycles. The maximum absolute atomic E-state index is 5.48. The van der Waals surface area contributed by atoms with Gasteiger partial charge in [0.25, 0.3) is 0 Å². The van der Waals surface area contributed by atoms with Gasteiger partial charge < -0.3 is 15.0 Å². The van der Waals surface area contributed by atoms with Crippen molar-refractivity contribution >= 4 is 11.4 Å². The van der Waals surface area contributed by atoms with Crippen LogP contribution in [0.4, 0.5) is 11.4 Å². The van der Waals surface area contributed by atoms with E-state index in [1.165, 1.54) is 43.5 Å². The molecule has 116 valence electrons. The van der Waals surface area contributed by atoms with Crippen molar-refractivity contribution in [1.82, 2.24) is 0 Å². The highest BCUT2D eigenvalue weighted by molar-refractivity contribution is 5.70. The lowest BCUT2D eigenvalue weighted by Crippen LogP contribution is -2.37. The Labute approximate surface area is 128 Å².